The van der Waals surface area contributed by atoms with Gasteiger partial charge in [-0.25, -0.2) is 4.39 Å². The molecule has 0 saturated carbocycles. The van der Waals surface area contributed by atoms with Crippen LogP contribution in [0.15, 0.2) is 24.3 Å². The average molecular weight is 302 g/mol. The van der Waals surface area contributed by atoms with E-state index in [1.165, 1.54) is 12.1 Å². The molecule has 0 radical (unpaired) electrons. The van der Waals surface area contributed by atoms with Gasteiger partial charge >= 0.3 is 0 Å². The fourth-order valence-electron chi connectivity index (χ4n) is 2.36. The second-order valence-corrected chi connectivity index (χ2v) is 5.07. The molecule has 2 heterocycles. The van der Waals surface area contributed by atoms with Gasteiger partial charge in [0.25, 0.3) is 5.91 Å². The molecule has 7 nitrogen and oxygen atoms in total. The number of nitrogens with one attached hydrogen (secondary N) is 2. The van der Waals surface area contributed by atoms with Crippen LogP contribution in [0.4, 0.5) is 10.3 Å². The zero-order valence-electron chi connectivity index (χ0n) is 12.1. The molecule has 0 aliphatic rings. The van der Waals surface area contributed by atoms with Gasteiger partial charge < -0.3 is 15.6 Å². The van der Waals surface area contributed by atoms with Crippen LogP contribution in [-0.2, 0) is 7.05 Å². The topological polar surface area (TPSA) is 102 Å². The summed E-state index contributed by atoms with van der Waals surface area (Å²) in [7, 11) is 1.76. The van der Waals surface area contributed by atoms with Gasteiger partial charge in [0.2, 0.25) is 5.95 Å². The van der Waals surface area contributed by atoms with Crippen LogP contribution in [0.2, 0.25) is 0 Å². The number of nitrogens with two attached hydrogens (primary N) is 1. The molecular weight excluding hydrogens is 287 g/mol. The van der Waals surface area contributed by atoms with Crippen molar-refractivity contribution in [2.24, 2.45) is 7.05 Å². The van der Waals surface area contributed by atoms with Crippen LogP contribution in [0, 0.1) is 5.82 Å². The third kappa shape index (κ3) is 2.39. The number of amides is 1. The Kier molecular flexibility index (Phi) is 3.28. The molecule has 22 heavy (non-hydrogen) atoms. The Morgan fingerprint density at radius 1 is 1.45 bits per heavy atom. The van der Waals surface area contributed by atoms with Crippen molar-refractivity contribution in [1.29, 1.82) is 0 Å². The summed E-state index contributed by atoms with van der Waals surface area (Å²) in [5, 5.41) is 9.85. The van der Waals surface area contributed by atoms with Crippen molar-refractivity contribution in [3.8, 4) is 0 Å². The number of aryl methyl sites for hydroxylation is 1. The molecule has 1 atom stereocenters. The van der Waals surface area contributed by atoms with Gasteiger partial charge in [0.05, 0.1) is 6.04 Å². The zero-order chi connectivity index (χ0) is 15.9. The van der Waals surface area contributed by atoms with Gasteiger partial charge in [0, 0.05) is 18.0 Å². The molecule has 1 amide bonds. The lowest BCUT2D eigenvalue weighted by molar-refractivity contribution is 0.0930. The molecule has 0 aliphatic carbocycles. The monoisotopic (exact) mass is 302 g/mol. The summed E-state index contributed by atoms with van der Waals surface area (Å²) in [6, 6.07) is 5.67. The number of carbonyl (C=O) groups excluding carboxylic acids is 1. The van der Waals surface area contributed by atoms with Crippen molar-refractivity contribution >= 4 is 22.8 Å². The minimum absolute atomic E-state index is 0.121. The molecule has 0 saturated heterocycles. The van der Waals surface area contributed by atoms with Crippen LogP contribution in [0.3, 0.4) is 0 Å². The highest BCUT2D eigenvalue weighted by Crippen LogP contribution is 2.20. The Bertz CT molecular complexity index is 852. The molecular formula is C14H15FN6O. The van der Waals surface area contributed by atoms with Crippen molar-refractivity contribution in [2.45, 2.75) is 13.0 Å². The first-order valence-corrected chi connectivity index (χ1v) is 6.69. The number of benzene rings is 1. The second kappa shape index (κ2) is 5.14. The van der Waals surface area contributed by atoms with Crippen LogP contribution in [0.1, 0.15) is 29.3 Å². The van der Waals surface area contributed by atoms with E-state index in [0.29, 0.717) is 16.9 Å². The third-order valence-corrected chi connectivity index (χ3v) is 3.51. The van der Waals surface area contributed by atoms with Gasteiger partial charge in [-0.1, -0.05) is 0 Å². The van der Waals surface area contributed by atoms with Crippen molar-refractivity contribution in [3.05, 3.63) is 41.6 Å². The van der Waals surface area contributed by atoms with E-state index in [1.807, 2.05) is 0 Å². The molecule has 3 aromatic rings. The molecule has 0 aliphatic heterocycles. The molecule has 0 fully saturated rings. The Morgan fingerprint density at radius 2 is 2.23 bits per heavy atom. The number of aromatic amines is 1. The van der Waals surface area contributed by atoms with E-state index < -0.39 is 0 Å². The summed E-state index contributed by atoms with van der Waals surface area (Å²) in [4.78, 5) is 16.4. The number of carbonyl (C=O) groups is 1. The average Bonchev–Trinajstić information content (AvgIpc) is 3.03. The summed E-state index contributed by atoms with van der Waals surface area (Å²) in [5.41, 5.74) is 6.65. The Morgan fingerprint density at radius 3 is 2.91 bits per heavy atom. The third-order valence-electron chi connectivity index (χ3n) is 3.51. The molecule has 2 aromatic heterocycles. The summed E-state index contributed by atoms with van der Waals surface area (Å²) in [6.45, 7) is 1.76. The summed E-state index contributed by atoms with van der Waals surface area (Å²) >= 11 is 0. The van der Waals surface area contributed by atoms with E-state index in [2.05, 4.69) is 20.5 Å². The number of anilines is 1. The normalized spacial score (nSPS) is 12.5. The van der Waals surface area contributed by atoms with E-state index in [4.69, 9.17) is 5.73 Å². The minimum atomic E-state index is -0.382. The number of hydrogen-bond donors (Lipinski definition) is 3. The largest absolute Gasteiger partial charge is 0.367 e. The highest BCUT2D eigenvalue weighted by Gasteiger charge is 2.18. The maximum absolute atomic E-state index is 13.3. The Balaban J connectivity index is 1.87. The summed E-state index contributed by atoms with van der Waals surface area (Å²) in [6.07, 6.45) is 0. The van der Waals surface area contributed by atoms with E-state index in [-0.39, 0.29) is 23.7 Å². The molecule has 8 heteroatoms. The minimum Gasteiger partial charge on any atom is -0.367 e. The van der Waals surface area contributed by atoms with Crippen LogP contribution in [0.5, 0.6) is 0 Å². The molecule has 114 valence electrons. The Hall–Kier alpha value is -2.90. The van der Waals surface area contributed by atoms with Crippen LogP contribution < -0.4 is 11.1 Å². The maximum Gasteiger partial charge on any atom is 0.268 e. The van der Waals surface area contributed by atoms with E-state index in [0.717, 1.165) is 5.52 Å². The maximum atomic E-state index is 13.3. The van der Waals surface area contributed by atoms with Crippen molar-refractivity contribution < 1.29 is 9.18 Å². The fraction of sp³-hybridized carbons (Fsp3) is 0.214. The SMILES string of the molecule is CC(NC(=O)c1cc2cc(F)ccc2n1C)c1nc(N)n[nH]1. The smallest absolute Gasteiger partial charge is 0.268 e. The zero-order valence-corrected chi connectivity index (χ0v) is 12.1. The number of aromatic nitrogens is 4. The van der Waals surface area contributed by atoms with Gasteiger partial charge in [-0.3, -0.25) is 9.89 Å². The number of rotatable bonds is 3. The number of nitrogens with zero attached hydrogens (tertiary/aromatic N) is 3. The standard InChI is InChI=1S/C14H15FN6O/c1-7(12-18-14(16)20-19-12)17-13(22)11-6-8-5-9(15)3-4-10(8)21(11)2/h3-7H,1-2H3,(H,17,22)(H3,16,18,19,20). The predicted molar refractivity (Wildman–Crippen MR) is 79.6 cm³/mol. The van der Waals surface area contributed by atoms with Crippen molar-refractivity contribution in [1.82, 2.24) is 25.1 Å². The first-order valence-electron chi connectivity index (χ1n) is 6.69. The second-order valence-electron chi connectivity index (χ2n) is 5.07. The van der Waals surface area contributed by atoms with Crippen molar-refractivity contribution in [3.63, 3.8) is 0 Å². The van der Waals surface area contributed by atoms with Gasteiger partial charge in [-0.05, 0) is 31.2 Å². The molecule has 1 unspecified atom stereocenters. The highest BCUT2D eigenvalue weighted by atomic mass is 19.1. The number of fused-ring (bicyclic) bond motifs is 1. The van der Waals surface area contributed by atoms with Crippen LogP contribution >= 0.6 is 0 Å². The van der Waals surface area contributed by atoms with E-state index in [9.17, 15) is 9.18 Å². The summed E-state index contributed by atoms with van der Waals surface area (Å²) < 4.78 is 15.0. The quantitative estimate of drug-likeness (QED) is 0.682. The Labute approximate surface area is 125 Å². The summed E-state index contributed by atoms with van der Waals surface area (Å²) in [5.74, 6) is -0.0380. The lowest BCUT2D eigenvalue weighted by Crippen LogP contribution is -2.28. The van der Waals surface area contributed by atoms with Gasteiger partial charge in [-0.15, -0.1) is 5.10 Å². The molecule has 1 aromatic carbocycles. The highest BCUT2D eigenvalue weighted by molar-refractivity contribution is 5.98. The first-order chi connectivity index (χ1) is 10.5. The number of H-pyrrole nitrogens is 1. The molecule has 3 rings (SSSR count). The first kappa shape index (κ1) is 14.1. The molecule has 0 bridgehead atoms. The molecule has 4 N–H and O–H groups in total. The number of hydrogen-bond acceptors (Lipinski definition) is 4. The lowest BCUT2D eigenvalue weighted by Gasteiger charge is -2.11. The van der Waals surface area contributed by atoms with Gasteiger partial charge in [-0.2, -0.15) is 4.98 Å². The molecule has 0 spiro atoms. The predicted octanol–water partition coefficient (Wildman–Crippen LogP) is 1.51. The van der Waals surface area contributed by atoms with Gasteiger partial charge in [0.1, 0.15) is 17.3 Å². The van der Waals surface area contributed by atoms with E-state index >= 15 is 0 Å². The van der Waals surface area contributed by atoms with E-state index in [1.54, 1.807) is 30.7 Å². The van der Waals surface area contributed by atoms with Crippen molar-refractivity contribution in [2.75, 3.05) is 5.73 Å². The van der Waals surface area contributed by atoms with Crippen LogP contribution in [0.25, 0.3) is 10.9 Å². The number of halogens is 1. The van der Waals surface area contributed by atoms with Gasteiger partial charge in [0.15, 0.2) is 0 Å². The fourth-order valence-corrected chi connectivity index (χ4v) is 2.36. The van der Waals surface area contributed by atoms with Crippen LogP contribution in [-0.4, -0.2) is 25.7 Å². The number of nitrogen functional groups attached to an aromatic ring is 1. The lowest BCUT2D eigenvalue weighted by atomic mass is 10.2.